The molecule has 4 rings (SSSR count). The summed E-state index contributed by atoms with van der Waals surface area (Å²) in [4.78, 5) is 2.40. The fourth-order valence-electron chi connectivity index (χ4n) is 4.15. The fourth-order valence-corrected chi connectivity index (χ4v) is 4.27. The molecule has 2 nitrogen and oxygen atoms in total. The lowest BCUT2D eigenvalue weighted by Gasteiger charge is -2.27. The molecule has 0 N–H and O–H groups in total. The largest absolute Gasteiger partial charge is 0.370 e. The van der Waals surface area contributed by atoms with E-state index < -0.39 is 0 Å². The van der Waals surface area contributed by atoms with Crippen molar-refractivity contribution in [3.8, 4) is 17.2 Å². The summed E-state index contributed by atoms with van der Waals surface area (Å²) in [6, 6.07) is 12.9. The second-order valence-corrected chi connectivity index (χ2v) is 7.23. The highest BCUT2D eigenvalue weighted by Crippen LogP contribution is 2.40. The summed E-state index contributed by atoms with van der Waals surface area (Å²) in [6.07, 6.45) is 6.94. The van der Waals surface area contributed by atoms with E-state index in [0.29, 0.717) is 0 Å². The number of nitrogens with zero attached hydrogens (tertiary/aromatic N) is 2. The first-order chi connectivity index (χ1) is 11.8. The van der Waals surface area contributed by atoms with E-state index in [9.17, 15) is 5.26 Å². The number of hydrogen-bond acceptors (Lipinski definition) is 2. The maximum absolute atomic E-state index is 9.84. The van der Waals surface area contributed by atoms with Gasteiger partial charge in [0.05, 0.1) is 11.3 Å². The van der Waals surface area contributed by atoms with Crippen molar-refractivity contribution in [1.29, 1.82) is 5.26 Å². The second-order valence-electron chi connectivity index (χ2n) is 6.80. The summed E-state index contributed by atoms with van der Waals surface area (Å²) in [5.41, 5.74) is 7.23. The van der Waals surface area contributed by atoms with Gasteiger partial charge in [-0.2, -0.15) is 5.26 Å². The van der Waals surface area contributed by atoms with Crippen LogP contribution < -0.4 is 4.90 Å². The van der Waals surface area contributed by atoms with Crippen LogP contribution in [0.25, 0.3) is 11.1 Å². The zero-order valence-corrected chi connectivity index (χ0v) is 14.6. The normalized spacial score (nSPS) is 16.8. The van der Waals surface area contributed by atoms with Crippen molar-refractivity contribution in [2.24, 2.45) is 0 Å². The monoisotopic (exact) mass is 336 g/mol. The van der Waals surface area contributed by atoms with Crippen LogP contribution in [-0.4, -0.2) is 13.1 Å². The molecular weight excluding hydrogens is 316 g/mol. The Labute approximate surface area is 148 Å². The first kappa shape index (κ1) is 15.5. The van der Waals surface area contributed by atoms with Crippen LogP contribution >= 0.6 is 11.6 Å². The molecule has 0 saturated carbocycles. The van der Waals surface area contributed by atoms with E-state index in [4.69, 9.17) is 11.6 Å². The molecule has 122 valence electrons. The van der Waals surface area contributed by atoms with Crippen LogP contribution in [0.3, 0.4) is 0 Å². The lowest BCUT2D eigenvalue weighted by Crippen LogP contribution is -2.21. The number of nitriles is 1. The van der Waals surface area contributed by atoms with Crippen molar-refractivity contribution in [3.05, 3.63) is 52.0 Å². The molecule has 1 heterocycles. The quantitative estimate of drug-likeness (QED) is 0.738. The molecule has 1 fully saturated rings. The molecule has 1 aliphatic heterocycles. The first-order valence-corrected chi connectivity index (χ1v) is 9.25. The van der Waals surface area contributed by atoms with Gasteiger partial charge in [0, 0.05) is 18.1 Å². The van der Waals surface area contributed by atoms with Gasteiger partial charge in [-0.05, 0) is 79.0 Å². The van der Waals surface area contributed by atoms with E-state index >= 15 is 0 Å². The third kappa shape index (κ3) is 2.68. The van der Waals surface area contributed by atoms with Gasteiger partial charge in [-0.1, -0.05) is 23.7 Å². The van der Waals surface area contributed by atoms with Gasteiger partial charge in [-0.25, -0.2) is 0 Å². The van der Waals surface area contributed by atoms with Gasteiger partial charge in [0.15, 0.2) is 0 Å². The number of anilines is 1. The molecule has 0 spiro atoms. The highest BCUT2D eigenvalue weighted by Gasteiger charge is 2.25. The molecule has 1 aliphatic carbocycles. The minimum absolute atomic E-state index is 0.765. The van der Waals surface area contributed by atoms with Gasteiger partial charge in [0.25, 0.3) is 0 Å². The van der Waals surface area contributed by atoms with E-state index in [1.54, 1.807) is 0 Å². The summed E-state index contributed by atoms with van der Waals surface area (Å²) >= 11 is 6.07. The van der Waals surface area contributed by atoms with Gasteiger partial charge in [-0.3, -0.25) is 0 Å². The van der Waals surface area contributed by atoms with Gasteiger partial charge in [0.1, 0.15) is 6.07 Å². The molecule has 2 aromatic rings. The molecule has 0 unspecified atom stereocenters. The number of benzene rings is 2. The van der Waals surface area contributed by atoms with Gasteiger partial charge >= 0.3 is 0 Å². The van der Waals surface area contributed by atoms with Crippen molar-refractivity contribution >= 4 is 17.3 Å². The Kier molecular flexibility index (Phi) is 4.21. The summed E-state index contributed by atoms with van der Waals surface area (Å²) < 4.78 is 0. The molecule has 0 bridgehead atoms. The zero-order valence-electron chi connectivity index (χ0n) is 13.8. The van der Waals surface area contributed by atoms with Crippen LogP contribution in [0.5, 0.6) is 0 Å². The zero-order chi connectivity index (χ0) is 16.5. The van der Waals surface area contributed by atoms with E-state index in [0.717, 1.165) is 42.2 Å². The van der Waals surface area contributed by atoms with Crippen LogP contribution in [-0.2, 0) is 12.8 Å². The molecule has 24 heavy (non-hydrogen) atoms. The van der Waals surface area contributed by atoms with E-state index in [1.807, 2.05) is 12.1 Å². The Morgan fingerprint density at radius 2 is 1.58 bits per heavy atom. The maximum atomic E-state index is 9.84. The molecule has 0 atom stereocenters. The third-order valence-corrected chi connectivity index (χ3v) is 5.60. The minimum atomic E-state index is 0.765. The van der Waals surface area contributed by atoms with Gasteiger partial charge < -0.3 is 4.90 Å². The predicted octanol–water partition coefficient (Wildman–Crippen LogP) is 5.36. The predicted molar refractivity (Wildman–Crippen MR) is 99.7 cm³/mol. The molecule has 0 aromatic heterocycles. The number of hydrogen-bond donors (Lipinski definition) is 0. The van der Waals surface area contributed by atoms with E-state index in [2.05, 4.69) is 29.2 Å². The van der Waals surface area contributed by atoms with E-state index in [1.165, 1.54) is 47.9 Å². The maximum Gasteiger partial charge on any atom is 0.102 e. The van der Waals surface area contributed by atoms with Crippen LogP contribution in [0.1, 0.15) is 42.4 Å². The van der Waals surface area contributed by atoms with Crippen molar-refractivity contribution in [3.63, 3.8) is 0 Å². The Balaban J connectivity index is 1.93. The molecule has 3 heteroatoms. The Morgan fingerprint density at radius 1 is 0.917 bits per heavy atom. The van der Waals surface area contributed by atoms with Crippen molar-refractivity contribution in [2.45, 2.75) is 38.5 Å². The SMILES string of the molecule is N#Cc1c(N2CCCC2)cc(-c2ccc(Cl)cc2)c2c1CCCC2. The fraction of sp³-hybridized carbons (Fsp3) is 0.381. The second kappa shape index (κ2) is 6.49. The Hall–Kier alpha value is -1.98. The van der Waals surface area contributed by atoms with Crippen molar-refractivity contribution < 1.29 is 0 Å². The van der Waals surface area contributed by atoms with Crippen LogP contribution in [0.4, 0.5) is 5.69 Å². The average Bonchev–Trinajstić information content (AvgIpc) is 3.15. The van der Waals surface area contributed by atoms with Gasteiger partial charge in [0.2, 0.25) is 0 Å². The summed E-state index contributed by atoms with van der Waals surface area (Å²) in [5, 5.41) is 10.6. The molecule has 0 radical (unpaired) electrons. The van der Waals surface area contributed by atoms with E-state index in [-0.39, 0.29) is 0 Å². The van der Waals surface area contributed by atoms with Crippen LogP contribution in [0, 0.1) is 11.3 Å². The molecular formula is C21H21ClN2. The Morgan fingerprint density at radius 3 is 2.25 bits per heavy atom. The smallest absolute Gasteiger partial charge is 0.102 e. The lowest BCUT2D eigenvalue weighted by molar-refractivity contribution is 0.685. The standard InChI is InChI=1S/C21H21ClN2/c22-16-9-7-15(8-10-16)19-13-21(24-11-3-4-12-24)20(14-23)18-6-2-1-5-17(18)19/h7-10,13H,1-6,11-12H2. The lowest BCUT2D eigenvalue weighted by atomic mass is 9.82. The van der Waals surface area contributed by atoms with Crippen LogP contribution in [0.2, 0.25) is 5.02 Å². The number of rotatable bonds is 2. The minimum Gasteiger partial charge on any atom is -0.370 e. The summed E-state index contributed by atoms with van der Waals surface area (Å²) in [5.74, 6) is 0. The molecule has 1 saturated heterocycles. The summed E-state index contributed by atoms with van der Waals surface area (Å²) in [6.45, 7) is 2.13. The van der Waals surface area contributed by atoms with Crippen LogP contribution in [0.15, 0.2) is 30.3 Å². The van der Waals surface area contributed by atoms with Crippen molar-refractivity contribution in [2.75, 3.05) is 18.0 Å². The molecule has 2 aromatic carbocycles. The molecule has 2 aliphatic rings. The summed E-state index contributed by atoms with van der Waals surface area (Å²) in [7, 11) is 0. The third-order valence-electron chi connectivity index (χ3n) is 5.35. The number of halogens is 1. The Bertz CT molecular complexity index is 796. The first-order valence-electron chi connectivity index (χ1n) is 8.87. The highest BCUT2D eigenvalue weighted by molar-refractivity contribution is 6.30. The average molecular weight is 337 g/mol. The van der Waals surface area contributed by atoms with Crippen molar-refractivity contribution in [1.82, 2.24) is 0 Å². The molecule has 0 amide bonds. The highest BCUT2D eigenvalue weighted by atomic mass is 35.5. The number of fused-ring (bicyclic) bond motifs is 1. The topological polar surface area (TPSA) is 27.0 Å². The van der Waals surface area contributed by atoms with Gasteiger partial charge in [-0.15, -0.1) is 0 Å².